The zero-order chi connectivity index (χ0) is 54.9. The van der Waals surface area contributed by atoms with Gasteiger partial charge in [0, 0.05) is 36.8 Å². The van der Waals surface area contributed by atoms with Crippen molar-refractivity contribution in [1.82, 2.24) is 31.9 Å². The Morgan fingerprint density at radius 1 is 0.587 bits per heavy atom. The summed E-state index contributed by atoms with van der Waals surface area (Å²) < 4.78 is 10.4. The van der Waals surface area contributed by atoms with E-state index >= 15 is 0 Å². The Morgan fingerprint density at radius 3 is 1.76 bits per heavy atom. The van der Waals surface area contributed by atoms with Crippen LogP contribution in [0.3, 0.4) is 0 Å². The third-order valence-corrected chi connectivity index (χ3v) is 16.6. The lowest BCUT2D eigenvalue weighted by Gasteiger charge is -2.25. The van der Waals surface area contributed by atoms with Crippen molar-refractivity contribution >= 4 is 47.4 Å². The molecule has 3 amide bonds. The van der Waals surface area contributed by atoms with Gasteiger partial charge in [-0.25, -0.2) is 4.79 Å². The van der Waals surface area contributed by atoms with Crippen LogP contribution in [0.4, 0.5) is 0 Å². The van der Waals surface area contributed by atoms with E-state index in [1.54, 1.807) is 25.6 Å². The summed E-state index contributed by atoms with van der Waals surface area (Å²) in [6, 6.07) is -2.26. The molecule has 0 aromatic carbocycles. The molecule has 2 saturated carbocycles. The van der Waals surface area contributed by atoms with Crippen LogP contribution < -0.4 is 37.6 Å². The van der Waals surface area contributed by atoms with Crippen LogP contribution in [0.15, 0.2) is 0 Å². The number of carbonyl (C=O) groups excluding carboxylic acids is 5. The van der Waals surface area contributed by atoms with Crippen LogP contribution in [-0.2, 0) is 38.2 Å². The Hall–Kier alpha value is -3.03. The molecule has 0 aromatic heterocycles. The number of thioether (sulfide) groups is 1. The highest BCUT2D eigenvalue weighted by Gasteiger charge is 2.26. The highest BCUT2D eigenvalue weighted by molar-refractivity contribution is 7.99. The largest absolute Gasteiger partial charge is 0.480 e. The smallest absolute Gasteiger partial charge is 0.328 e. The Bertz CT molecular complexity index is 1550. The van der Waals surface area contributed by atoms with Crippen molar-refractivity contribution in [3.8, 4) is 0 Å². The topological polar surface area (TPSA) is 260 Å². The maximum absolute atomic E-state index is 13.3. The number of hydrogen-bond donors (Lipinski definition) is 9. The predicted molar refractivity (Wildman–Crippen MR) is 301 cm³/mol. The number of aliphatic hydroxyl groups is 1. The first-order chi connectivity index (χ1) is 36.3. The minimum atomic E-state index is -0.948. The van der Waals surface area contributed by atoms with Gasteiger partial charge in [0.15, 0.2) is 0 Å². The number of aliphatic hydroxyl groups excluding tert-OH is 1. The molecule has 5 unspecified atom stereocenters. The highest BCUT2D eigenvalue weighted by Crippen LogP contribution is 2.35. The van der Waals surface area contributed by atoms with Crippen molar-refractivity contribution in [2.24, 2.45) is 23.5 Å². The standard InChI is InChI=1S/C57H107N7O10S/c1-5-60-49(56(71)73-6-2)32-19-22-39-62-54(68)48(63-52(66)34-10-8-9-24-45-28-13-15-30-46(41-45)75-42-47(58)55(69)70)31-18-21-38-61-51(65)36-23-29-44-26-12-11-25-43(40-44)27-14-16-35-53(67)64-50(57(72)74-7-3)33-17-20-37-59-4/h43-50,54,59-60,62,68H,5-42,58H2,1-4H3,(H,61,65)(H,63,66)(H,64,67)(H,69,70)/t43?,44?,45?,46?,47-,48+,49+,50+,54?/m1/s1. The number of unbranched alkanes of at least 4 members (excludes halogenated alkanes) is 6. The molecular formula is C57H107N7O10S. The first-order valence-corrected chi connectivity index (χ1v) is 30.9. The van der Waals surface area contributed by atoms with Crippen LogP contribution in [0.5, 0.6) is 0 Å². The number of ether oxygens (including phenoxy) is 2. The molecule has 18 heteroatoms. The van der Waals surface area contributed by atoms with Crippen molar-refractivity contribution in [3.63, 3.8) is 0 Å². The quantitative estimate of drug-likeness (QED) is 0.0122. The maximum atomic E-state index is 13.3. The molecule has 0 aromatic rings. The summed E-state index contributed by atoms with van der Waals surface area (Å²) in [4.78, 5) is 75.0. The van der Waals surface area contributed by atoms with Crippen molar-refractivity contribution in [3.05, 3.63) is 0 Å². The number of hydrogen-bond acceptors (Lipinski definition) is 14. The molecule has 2 aliphatic carbocycles. The van der Waals surface area contributed by atoms with Crippen LogP contribution in [-0.4, -0.2) is 134 Å². The zero-order valence-electron chi connectivity index (χ0n) is 47.2. The molecule has 0 saturated heterocycles. The van der Waals surface area contributed by atoms with Gasteiger partial charge in [-0.15, -0.1) is 0 Å². The van der Waals surface area contributed by atoms with E-state index in [2.05, 4.69) is 31.9 Å². The van der Waals surface area contributed by atoms with Gasteiger partial charge in [0.1, 0.15) is 24.4 Å². The number of aliphatic carboxylic acids is 1. The molecule has 0 spiro atoms. The van der Waals surface area contributed by atoms with Gasteiger partial charge in [-0.1, -0.05) is 90.4 Å². The van der Waals surface area contributed by atoms with Gasteiger partial charge >= 0.3 is 17.9 Å². The molecule has 10 N–H and O–H groups in total. The molecule has 0 aliphatic heterocycles. The molecular weight excluding hydrogens is 975 g/mol. The first-order valence-electron chi connectivity index (χ1n) is 29.9. The van der Waals surface area contributed by atoms with Crippen molar-refractivity contribution in [2.75, 3.05) is 52.2 Å². The average Bonchev–Trinajstić information content (AvgIpc) is 3.76. The van der Waals surface area contributed by atoms with Gasteiger partial charge in [-0.05, 0) is 155 Å². The Labute approximate surface area is 457 Å². The predicted octanol–water partition coefficient (Wildman–Crippen LogP) is 7.79. The van der Waals surface area contributed by atoms with Crippen LogP contribution in [0.1, 0.15) is 220 Å². The molecule has 0 bridgehead atoms. The zero-order valence-corrected chi connectivity index (χ0v) is 48.0. The van der Waals surface area contributed by atoms with E-state index in [1.165, 1.54) is 44.9 Å². The summed E-state index contributed by atoms with van der Waals surface area (Å²) in [5.41, 5.74) is 5.77. The summed E-state index contributed by atoms with van der Waals surface area (Å²) in [5, 5.41) is 39.6. The number of carboxylic acids is 1. The lowest BCUT2D eigenvalue weighted by molar-refractivity contribution is -0.147. The summed E-state index contributed by atoms with van der Waals surface area (Å²) in [7, 11) is 1.90. The normalized spacial score (nSPS) is 20.1. The minimum absolute atomic E-state index is 0.0609. The van der Waals surface area contributed by atoms with Gasteiger partial charge in [0.05, 0.1) is 19.3 Å². The van der Waals surface area contributed by atoms with Crippen molar-refractivity contribution in [2.45, 2.75) is 255 Å². The third kappa shape index (κ3) is 33.8. The minimum Gasteiger partial charge on any atom is -0.480 e. The number of rotatable bonds is 44. The summed E-state index contributed by atoms with van der Waals surface area (Å²) in [5.74, 6) is 0.643. The van der Waals surface area contributed by atoms with Crippen molar-refractivity contribution in [1.29, 1.82) is 0 Å². The second-order valence-electron chi connectivity index (χ2n) is 21.5. The van der Waals surface area contributed by atoms with E-state index in [1.807, 2.05) is 14.0 Å². The van der Waals surface area contributed by atoms with Gasteiger partial charge in [-0.2, -0.15) is 11.8 Å². The highest BCUT2D eigenvalue weighted by atomic mass is 32.2. The number of nitrogens with one attached hydrogen (secondary N) is 6. The first kappa shape index (κ1) is 68.1. The molecule has 2 fully saturated rings. The summed E-state index contributed by atoms with van der Waals surface area (Å²) in [6.07, 6.45) is 27.3. The van der Waals surface area contributed by atoms with Crippen LogP contribution >= 0.6 is 11.8 Å². The van der Waals surface area contributed by atoms with Gasteiger partial charge < -0.3 is 52.0 Å². The van der Waals surface area contributed by atoms with Gasteiger partial charge in [0.2, 0.25) is 17.7 Å². The Balaban J connectivity index is 1.77. The van der Waals surface area contributed by atoms with E-state index < -0.39 is 30.3 Å². The van der Waals surface area contributed by atoms with E-state index in [4.69, 9.17) is 15.2 Å². The van der Waals surface area contributed by atoms with E-state index in [-0.39, 0.29) is 35.7 Å². The van der Waals surface area contributed by atoms with Gasteiger partial charge in [0.25, 0.3) is 0 Å². The van der Waals surface area contributed by atoms with Crippen LogP contribution in [0.25, 0.3) is 0 Å². The summed E-state index contributed by atoms with van der Waals surface area (Å²) >= 11 is 1.70. The molecule has 75 heavy (non-hydrogen) atoms. The van der Waals surface area contributed by atoms with E-state index in [9.17, 15) is 39.0 Å². The molecule has 17 nitrogen and oxygen atoms in total. The fraction of sp³-hybridized carbons (Fsp3) is 0.895. The molecule has 2 aliphatic rings. The fourth-order valence-electron chi connectivity index (χ4n) is 10.9. The van der Waals surface area contributed by atoms with E-state index in [0.29, 0.717) is 100 Å². The number of nitrogens with two attached hydrogens (primary N) is 1. The number of carboxylic acid groups (broad SMARTS) is 1. The van der Waals surface area contributed by atoms with E-state index in [0.717, 1.165) is 122 Å². The molecule has 0 heterocycles. The number of likely N-dealkylation sites (N-methyl/N-ethyl adjacent to an activating group) is 1. The van der Waals surface area contributed by atoms with Crippen molar-refractivity contribution < 1.29 is 48.5 Å². The van der Waals surface area contributed by atoms with Crippen LogP contribution in [0.2, 0.25) is 0 Å². The molecule has 9 atom stereocenters. The van der Waals surface area contributed by atoms with Crippen LogP contribution in [0, 0.1) is 17.8 Å². The Kier molecular flexibility index (Phi) is 39.8. The second kappa shape index (κ2) is 43.9. The number of esters is 2. The van der Waals surface area contributed by atoms with Gasteiger partial charge in [-0.3, -0.25) is 29.3 Å². The fourth-order valence-corrected chi connectivity index (χ4v) is 12.2. The number of carbonyl (C=O) groups is 6. The molecule has 2 rings (SSSR count). The average molecular weight is 1080 g/mol. The monoisotopic (exact) mass is 1080 g/mol. The number of amides is 3. The second-order valence-corrected chi connectivity index (χ2v) is 22.9. The molecule has 0 radical (unpaired) electrons. The lowest BCUT2D eigenvalue weighted by Crippen LogP contribution is -2.50. The molecule has 436 valence electrons. The summed E-state index contributed by atoms with van der Waals surface area (Å²) in [6.45, 7) is 8.76. The third-order valence-electron chi connectivity index (χ3n) is 15.1. The Morgan fingerprint density at radius 2 is 1.12 bits per heavy atom. The maximum Gasteiger partial charge on any atom is 0.328 e. The SMILES string of the molecule is CCN[C@@H](CCCCNC(O)[C@H](CCCCNC(=O)CCCC1CCCCC(CCCCC(=O)N[C@@H](CCCCNC)C(=O)OCC)C1)NC(=O)CCCCCC1CCCCC(SC[C@@H](N)C(=O)O)C1)C(=O)OCC. The lowest BCUT2D eigenvalue weighted by atomic mass is 9.86.